The highest BCUT2D eigenvalue weighted by atomic mass is 16.6. The van der Waals surface area contributed by atoms with Crippen LogP contribution in [-0.2, 0) is 17.7 Å². The molecule has 0 saturated heterocycles. The van der Waals surface area contributed by atoms with Crippen LogP contribution in [0.15, 0.2) is 11.3 Å². The van der Waals surface area contributed by atoms with Crippen molar-refractivity contribution in [3.8, 4) is 0 Å². The molecule has 2 N–H and O–H groups in total. The standard InChI is InChI=1S/C21H41N7O2/c1-9-18-26-24-15-28(18)14-12-23-19(22-10-2)27(8)13-11-17(16(3)4)25-20(29)30-21(5,6)7/h15-17H,9-14H2,1-8H3,(H,22,23)(H,25,29). The molecule has 1 rings (SSSR count). The Morgan fingerprint density at radius 2 is 2.03 bits per heavy atom. The van der Waals surface area contributed by atoms with Crippen LogP contribution in [0.1, 0.15) is 60.7 Å². The Bertz CT molecular complexity index is 665. The fourth-order valence-corrected chi connectivity index (χ4v) is 2.94. The molecule has 0 aliphatic heterocycles. The second kappa shape index (κ2) is 12.4. The van der Waals surface area contributed by atoms with E-state index in [0.717, 1.165) is 44.3 Å². The summed E-state index contributed by atoms with van der Waals surface area (Å²) in [5.74, 6) is 2.12. The van der Waals surface area contributed by atoms with E-state index < -0.39 is 5.60 Å². The number of amides is 1. The Morgan fingerprint density at radius 1 is 1.33 bits per heavy atom. The van der Waals surface area contributed by atoms with Gasteiger partial charge >= 0.3 is 6.09 Å². The first-order valence-electron chi connectivity index (χ1n) is 10.9. The van der Waals surface area contributed by atoms with E-state index >= 15 is 0 Å². The van der Waals surface area contributed by atoms with Gasteiger partial charge in [-0.05, 0) is 40.0 Å². The number of alkyl carbamates (subject to hydrolysis) is 1. The van der Waals surface area contributed by atoms with Crippen LogP contribution in [0.2, 0.25) is 0 Å². The Morgan fingerprint density at radius 3 is 2.60 bits per heavy atom. The highest BCUT2D eigenvalue weighted by Crippen LogP contribution is 2.11. The highest BCUT2D eigenvalue weighted by molar-refractivity contribution is 5.79. The molecule has 9 heteroatoms. The zero-order valence-corrected chi connectivity index (χ0v) is 20.0. The zero-order valence-electron chi connectivity index (χ0n) is 20.0. The first-order chi connectivity index (χ1) is 14.1. The number of carbonyl (C=O) groups excluding carboxylic acids is 1. The smallest absolute Gasteiger partial charge is 0.407 e. The maximum atomic E-state index is 12.2. The number of ether oxygens (including phenoxy) is 1. The molecule has 0 bridgehead atoms. The van der Waals surface area contributed by atoms with E-state index in [0.29, 0.717) is 12.5 Å². The van der Waals surface area contributed by atoms with Crippen LogP contribution in [0.3, 0.4) is 0 Å². The average Bonchev–Trinajstić information content (AvgIpc) is 3.10. The zero-order chi connectivity index (χ0) is 22.7. The topological polar surface area (TPSA) is 96.7 Å². The summed E-state index contributed by atoms with van der Waals surface area (Å²) in [7, 11) is 2.02. The van der Waals surface area contributed by atoms with Gasteiger partial charge in [0.25, 0.3) is 0 Å². The summed E-state index contributed by atoms with van der Waals surface area (Å²) in [6.07, 6.45) is 3.03. The van der Waals surface area contributed by atoms with Crippen LogP contribution < -0.4 is 10.6 Å². The highest BCUT2D eigenvalue weighted by Gasteiger charge is 2.22. The Labute approximate surface area is 181 Å². The fraction of sp³-hybridized carbons (Fsp3) is 0.810. The van der Waals surface area contributed by atoms with Gasteiger partial charge in [-0.3, -0.25) is 4.99 Å². The summed E-state index contributed by atoms with van der Waals surface area (Å²) in [6.45, 7) is 16.9. The van der Waals surface area contributed by atoms with E-state index in [1.165, 1.54) is 0 Å². The predicted octanol–water partition coefficient (Wildman–Crippen LogP) is 2.68. The van der Waals surface area contributed by atoms with Gasteiger partial charge in [0.1, 0.15) is 17.8 Å². The van der Waals surface area contributed by atoms with Gasteiger partial charge in [-0.25, -0.2) is 4.79 Å². The molecule has 1 aromatic heterocycles. The molecule has 1 amide bonds. The molecule has 1 heterocycles. The molecule has 172 valence electrons. The lowest BCUT2D eigenvalue weighted by molar-refractivity contribution is 0.0486. The maximum Gasteiger partial charge on any atom is 0.407 e. The van der Waals surface area contributed by atoms with Crippen LogP contribution in [0, 0.1) is 5.92 Å². The van der Waals surface area contributed by atoms with Crippen molar-refractivity contribution in [2.45, 2.75) is 79.5 Å². The number of aromatic nitrogens is 3. The third-order valence-electron chi connectivity index (χ3n) is 4.59. The Balaban J connectivity index is 2.64. The minimum Gasteiger partial charge on any atom is -0.444 e. The number of hydrogen-bond donors (Lipinski definition) is 2. The van der Waals surface area contributed by atoms with Crippen LogP contribution in [0.4, 0.5) is 4.79 Å². The largest absolute Gasteiger partial charge is 0.444 e. The summed E-state index contributed by atoms with van der Waals surface area (Å²) < 4.78 is 7.44. The van der Waals surface area contributed by atoms with E-state index in [1.807, 2.05) is 32.4 Å². The van der Waals surface area contributed by atoms with Crippen LogP contribution >= 0.6 is 0 Å². The van der Waals surface area contributed by atoms with E-state index in [-0.39, 0.29) is 12.1 Å². The van der Waals surface area contributed by atoms with Gasteiger partial charge in [0, 0.05) is 39.1 Å². The van der Waals surface area contributed by atoms with Gasteiger partial charge in [0.2, 0.25) is 0 Å². The molecule has 0 aromatic carbocycles. The summed E-state index contributed by atoms with van der Waals surface area (Å²) in [5.41, 5.74) is -0.504. The van der Waals surface area contributed by atoms with E-state index in [2.05, 4.69) is 53.4 Å². The molecular weight excluding hydrogens is 382 g/mol. The third kappa shape index (κ3) is 9.45. The number of rotatable bonds is 10. The molecule has 0 radical (unpaired) electrons. The number of guanidine groups is 1. The summed E-state index contributed by atoms with van der Waals surface area (Å²) in [5, 5.41) is 14.4. The van der Waals surface area contributed by atoms with Crippen molar-refractivity contribution in [3.05, 3.63) is 12.2 Å². The lowest BCUT2D eigenvalue weighted by atomic mass is 10.0. The molecule has 30 heavy (non-hydrogen) atoms. The number of nitrogens with zero attached hydrogens (tertiary/aromatic N) is 5. The molecule has 1 atom stereocenters. The quantitative estimate of drug-likeness (QED) is 0.444. The molecule has 0 aliphatic rings. The lowest BCUT2D eigenvalue weighted by Gasteiger charge is -2.28. The van der Waals surface area contributed by atoms with Gasteiger partial charge in [-0.15, -0.1) is 10.2 Å². The van der Waals surface area contributed by atoms with Crippen molar-refractivity contribution in [1.82, 2.24) is 30.3 Å². The molecule has 9 nitrogen and oxygen atoms in total. The van der Waals surface area contributed by atoms with Crippen molar-refractivity contribution in [2.24, 2.45) is 10.9 Å². The molecular formula is C21H41N7O2. The van der Waals surface area contributed by atoms with Gasteiger partial charge in [0.05, 0.1) is 6.54 Å². The van der Waals surface area contributed by atoms with E-state index in [9.17, 15) is 4.79 Å². The monoisotopic (exact) mass is 423 g/mol. The normalized spacial score (nSPS) is 13.3. The summed E-state index contributed by atoms with van der Waals surface area (Å²) in [6, 6.07) is 0.0225. The number of aliphatic imine (C=N–C) groups is 1. The minimum atomic E-state index is -0.504. The Kier molecular flexibility index (Phi) is 10.6. The predicted molar refractivity (Wildman–Crippen MR) is 121 cm³/mol. The Hall–Kier alpha value is -2.32. The number of aryl methyl sites for hydroxylation is 1. The van der Waals surface area contributed by atoms with Crippen LogP contribution in [-0.4, -0.2) is 70.0 Å². The molecule has 1 unspecified atom stereocenters. The lowest BCUT2D eigenvalue weighted by Crippen LogP contribution is -2.45. The third-order valence-corrected chi connectivity index (χ3v) is 4.59. The first kappa shape index (κ1) is 25.7. The number of nitrogens with one attached hydrogen (secondary N) is 2. The van der Waals surface area contributed by atoms with Gasteiger partial charge in [0.15, 0.2) is 5.96 Å². The molecule has 0 aliphatic carbocycles. The molecule has 0 fully saturated rings. The number of hydrogen-bond acceptors (Lipinski definition) is 5. The van der Waals surface area contributed by atoms with Gasteiger partial charge < -0.3 is 24.8 Å². The van der Waals surface area contributed by atoms with Crippen molar-refractivity contribution in [1.29, 1.82) is 0 Å². The second-order valence-corrected chi connectivity index (χ2v) is 8.74. The average molecular weight is 424 g/mol. The maximum absolute atomic E-state index is 12.2. The molecule has 0 spiro atoms. The summed E-state index contributed by atoms with van der Waals surface area (Å²) in [4.78, 5) is 19.0. The van der Waals surface area contributed by atoms with Crippen LogP contribution in [0.25, 0.3) is 0 Å². The van der Waals surface area contributed by atoms with Crippen molar-refractivity contribution in [3.63, 3.8) is 0 Å². The van der Waals surface area contributed by atoms with Gasteiger partial charge in [-0.2, -0.15) is 0 Å². The number of carbonyl (C=O) groups is 1. The van der Waals surface area contributed by atoms with Gasteiger partial charge in [-0.1, -0.05) is 20.8 Å². The SMILES string of the molecule is CCNC(=NCCn1cnnc1CC)N(C)CCC(NC(=O)OC(C)(C)C)C(C)C. The van der Waals surface area contributed by atoms with Crippen molar-refractivity contribution in [2.75, 3.05) is 26.7 Å². The van der Waals surface area contributed by atoms with E-state index in [1.54, 1.807) is 6.33 Å². The minimum absolute atomic E-state index is 0.0225. The first-order valence-corrected chi connectivity index (χ1v) is 10.9. The second-order valence-electron chi connectivity index (χ2n) is 8.74. The van der Waals surface area contributed by atoms with E-state index in [4.69, 9.17) is 9.73 Å². The van der Waals surface area contributed by atoms with Crippen molar-refractivity contribution < 1.29 is 9.53 Å². The fourth-order valence-electron chi connectivity index (χ4n) is 2.94. The van der Waals surface area contributed by atoms with Crippen LogP contribution in [0.5, 0.6) is 0 Å². The molecule has 0 saturated carbocycles. The molecule has 1 aromatic rings. The summed E-state index contributed by atoms with van der Waals surface area (Å²) >= 11 is 0. The van der Waals surface area contributed by atoms with Crippen molar-refractivity contribution >= 4 is 12.1 Å².